The highest BCUT2D eigenvalue weighted by Crippen LogP contribution is 2.20. The lowest BCUT2D eigenvalue weighted by Crippen LogP contribution is -2.53. The Balaban J connectivity index is 1.49. The maximum absolute atomic E-state index is 11.1. The van der Waals surface area contributed by atoms with Gasteiger partial charge in [-0.15, -0.1) is 0 Å². The van der Waals surface area contributed by atoms with Gasteiger partial charge >= 0.3 is 0 Å². The van der Waals surface area contributed by atoms with Crippen molar-refractivity contribution < 1.29 is 14.1 Å². The number of aromatic nitrogens is 3. The van der Waals surface area contributed by atoms with Gasteiger partial charge in [-0.1, -0.05) is 19.0 Å². The fourth-order valence-corrected chi connectivity index (χ4v) is 2.30. The van der Waals surface area contributed by atoms with E-state index in [2.05, 4.69) is 20.0 Å². The second-order valence-electron chi connectivity index (χ2n) is 5.88. The minimum atomic E-state index is -0.567. The van der Waals surface area contributed by atoms with Gasteiger partial charge in [-0.3, -0.25) is 14.7 Å². The third kappa shape index (κ3) is 3.65. The number of hydrogen-bond donors (Lipinski definition) is 1. The van der Waals surface area contributed by atoms with E-state index in [1.165, 1.54) is 6.20 Å². The normalized spacial score (nSPS) is 15.6. The zero-order valence-electron chi connectivity index (χ0n) is 13.1. The number of hydrogen-bond acceptors (Lipinski definition) is 7. The number of ether oxygens (including phenoxy) is 1. The van der Waals surface area contributed by atoms with Crippen molar-refractivity contribution in [1.29, 1.82) is 0 Å². The molecule has 0 aliphatic carbocycles. The van der Waals surface area contributed by atoms with Gasteiger partial charge in [0.05, 0.1) is 6.54 Å². The monoisotopic (exact) mass is 317 g/mol. The Bertz CT molecular complexity index is 694. The second-order valence-corrected chi connectivity index (χ2v) is 5.88. The summed E-state index contributed by atoms with van der Waals surface area (Å²) >= 11 is 0. The highest BCUT2D eigenvalue weighted by atomic mass is 16.5. The van der Waals surface area contributed by atoms with E-state index in [0.717, 1.165) is 18.9 Å². The van der Waals surface area contributed by atoms with E-state index in [9.17, 15) is 4.79 Å². The first-order valence-corrected chi connectivity index (χ1v) is 7.48. The summed E-state index contributed by atoms with van der Waals surface area (Å²) < 4.78 is 11.0. The van der Waals surface area contributed by atoms with Gasteiger partial charge in [0.1, 0.15) is 17.5 Å². The first kappa shape index (κ1) is 15.4. The lowest BCUT2D eigenvalue weighted by Gasteiger charge is -2.37. The summed E-state index contributed by atoms with van der Waals surface area (Å²) in [6.07, 6.45) is 1.57. The van der Waals surface area contributed by atoms with E-state index in [1.807, 2.05) is 13.8 Å². The van der Waals surface area contributed by atoms with Crippen molar-refractivity contribution in [3.63, 3.8) is 0 Å². The summed E-state index contributed by atoms with van der Waals surface area (Å²) in [7, 11) is 0. The molecule has 0 radical (unpaired) electrons. The Morgan fingerprint density at radius 3 is 2.96 bits per heavy atom. The zero-order chi connectivity index (χ0) is 16.4. The maximum atomic E-state index is 11.1. The standard InChI is InChI=1S/C15H19N5O3/c1-9(2)15-18-13(23-19-15)8-20-6-11(7-20)22-10-3-4-17-12(5-10)14(16)21/h3-5,9,11H,6-8H2,1-2H3,(H2,16,21). The molecule has 8 heteroatoms. The molecule has 3 heterocycles. The van der Waals surface area contributed by atoms with E-state index in [1.54, 1.807) is 12.1 Å². The van der Waals surface area contributed by atoms with E-state index in [0.29, 0.717) is 18.2 Å². The largest absolute Gasteiger partial charge is 0.488 e. The van der Waals surface area contributed by atoms with Gasteiger partial charge in [-0.2, -0.15) is 4.98 Å². The van der Waals surface area contributed by atoms with Gasteiger partial charge in [-0.25, -0.2) is 0 Å². The Morgan fingerprint density at radius 1 is 1.52 bits per heavy atom. The highest BCUT2D eigenvalue weighted by Gasteiger charge is 2.30. The quantitative estimate of drug-likeness (QED) is 0.845. The van der Waals surface area contributed by atoms with Crippen molar-refractivity contribution >= 4 is 5.91 Å². The molecule has 2 N–H and O–H groups in total. The van der Waals surface area contributed by atoms with Crippen LogP contribution in [0.5, 0.6) is 5.75 Å². The van der Waals surface area contributed by atoms with E-state index >= 15 is 0 Å². The Hall–Kier alpha value is -2.48. The van der Waals surface area contributed by atoms with Crippen LogP contribution < -0.4 is 10.5 Å². The topological polar surface area (TPSA) is 107 Å². The Kier molecular flexibility index (Phi) is 4.24. The molecule has 23 heavy (non-hydrogen) atoms. The van der Waals surface area contributed by atoms with E-state index < -0.39 is 5.91 Å². The van der Waals surface area contributed by atoms with Crippen LogP contribution in [0.4, 0.5) is 0 Å². The molecule has 0 spiro atoms. The van der Waals surface area contributed by atoms with Crippen LogP contribution >= 0.6 is 0 Å². The first-order chi connectivity index (χ1) is 11.0. The highest BCUT2D eigenvalue weighted by molar-refractivity contribution is 5.91. The molecule has 0 bridgehead atoms. The average Bonchev–Trinajstić information content (AvgIpc) is 2.94. The van der Waals surface area contributed by atoms with Crippen molar-refractivity contribution in [3.05, 3.63) is 35.7 Å². The van der Waals surface area contributed by atoms with Crippen LogP contribution in [0.2, 0.25) is 0 Å². The number of carbonyl (C=O) groups is 1. The average molecular weight is 317 g/mol. The lowest BCUT2D eigenvalue weighted by atomic mass is 10.1. The number of rotatable bonds is 6. The summed E-state index contributed by atoms with van der Waals surface area (Å²) in [4.78, 5) is 21.5. The number of pyridine rings is 1. The number of likely N-dealkylation sites (tertiary alicyclic amines) is 1. The predicted octanol–water partition coefficient (Wildman–Crippen LogP) is 0.950. The number of primary amides is 1. The number of amides is 1. The molecule has 1 aliphatic rings. The number of nitrogens with two attached hydrogens (primary N) is 1. The van der Waals surface area contributed by atoms with Crippen LogP contribution in [0.3, 0.4) is 0 Å². The smallest absolute Gasteiger partial charge is 0.267 e. The molecule has 2 aromatic rings. The van der Waals surface area contributed by atoms with Crippen molar-refractivity contribution in [2.24, 2.45) is 5.73 Å². The molecule has 0 atom stereocenters. The van der Waals surface area contributed by atoms with Crippen LogP contribution in [0.15, 0.2) is 22.9 Å². The second kappa shape index (κ2) is 6.33. The first-order valence-electron chi connectivity index (χ1n) is 7.48. The predicted molar refractivity (Wildman–Crippen MR) is 80.8 cm³/mol. The zero-order valence-corrected chi connectivity index (χ0v) is 13.1. The number of nitrogens with zero attached hydrogens (tertiary/aromatic N) is 4. The molecule has 8 nitrogen and oxygen atoms in total. The van der Waals surface area contributed by atoms with Gasteiger partial charge in [0, 0.05) is 31.3 Å². The molecule has 2 aromatic heterocycles. The van der Waals surface area contributed by atoms with Crippen molar-refractivity contribution in [2.45, 2.75) is 32.4 Å². The van der Waals surface area contributed by atoms with E-state index in [4.69, 9.17) is 15.0 Å². The Labute approximate surface area is 133 Å². The maximum Gasteiger partial charge on any atom is 0.267 e. The molecule has 0 saturated carbocycles. The SMILES string of the molecule is CC(C)c1noc(CN2CC(Oc3ccnc(C(N)=O)c3)C2)n1. The lowest BCUT2D eigenvalue weighted by molar-refractivity contribution is 0.00854. The summed E-state index contributed by atoms with van der Waals surface area (Å²) in [6.45, 7) is 6.18. The molecule has 1 fully saturated rings. The van der Waals surface area contributed by atoms with Crippen LogP contribution in [-0.2, 0) is 6.54 Å². The van der Waals surface area contributed by atoms with Crippen molar-refractivity contribution in [1.82, 2.24) is 20.0 Å². The van der Waals surface area contributed by atoms with Gasteiger partial charge in [0.2, 0.25) is 5.89 Å². The molecule has 1 saturated heterocycles. The minimum Gasteiger partial charge on any atom is -0.488 e. The van der Waals surface area contributed by atoms with Crippen molar-refractivity contribution in [2.75, 3.05) is 13.1 Å². The minimum absolute atomic E-state index is 0.0608. The van der Waals surface area contributed by atoms with Gasteiger partial charge in [0.15, 0.2) is 5.82 Å². The van der Waals surface area contributed by atoms with Gasteiger partial charge in [0.25, 0.3) is 5.91 Å². The molecule has 3 rings (SSSR count). The molecular formula is C15H19N5O3. The molecule has 1 aliphatic heterocycles. The summed E-state index contributed by atoms with van der Waals surface area (Å²) in [6, 6.07) is 3.26. The molecule has 0 aromatic carbocycles. The van der Waals surface area contributed by atoms with Crippen molar-refractivity contribution in [3.8, 4) is 5.75 Å². The van der Waals surface area contributed by atoms with Gasteiger partial charge in [-0.05, 0) is 6.07 Å². The van der Waals surface area contributed by atoms with Crippen LogP contribution in [-0.4, -0.2) is 45.1 Å². The fraction of sp³-hybridized carbons (Fsp3) is 0.467. The van der Waals surface area contributed by atoms with Crippen LogP contribution in [0, 0.1) is 0 Å². The van der Waals surface area contributed by atoms with Gasteiger partial charge < -0.3 is 15.0 Å². The van der Waals surface area contributed by atoms with E-state index in [-0.39, 0.29) is 17.7 Å². The third-order valence-electron chi connectivity index (χ3n) is 3.57. The fourth-order valence-electron chi connectivity index (χ4n) is 2.30. The van der Waals surface area contributed by atoms with Crippen LogP contribution in [0.1, 0.15) is 42.0 Å². The number of carbonyl (C=O) groups excluding carboxylic acids is 1. The summed E-state index contributed by atoms with van der Waals surface area (Å²) in [5.41, 5.74) is 5.40. The molecular weight excluding hydrogens is 298 g/mol. The molecule has 1 amide bonds. The third-order valence-corrected chi connectivity index (χ3v) is 3.57. The summed E-state index contributed by atoms with van der Waals surface area (Å²) in [5.74, 6) is 1.63. The van der Waals surface area contributed by atoms with Crippen LogP contribution in [0.25, 0.3) is 0 Å². The molecule has 0 unspecified atom stereocenters. The molecule has 122 valence electrons. The summed E-state index contributed by atoms with van der Waals surface area (Å²) in [5, 5.41) is 3.95. The Morgan fingerprint density at radius 2 is 2.30 bits per heavy atom.